The molecule has 3 rings (SSSR count). The minimum absolute atomic E-state index is 0.0294. The number of rotatable bonds is 8. The van der Waals surface area contributed by atoms with Crippen LogP contribution in [0, 0.1) is 23.1 Å². The largest absolute Gasteiger partial charge is 0.429 e. The standard InChI is InChI=1S/C25H28F3NO/c1-2-3-4-5-18-6-8-19(9-7-18)20-11-14-23(15-12-20)30-25(27,28)22-13-10-21(17-29)24(26)16-22/h10-16,18-19H,2-9H2,1H3. The second-order valence-corrected chi connectivity index (χ2v) is 8.21. The minimum Gasteiger partial charge on any atom is -0.429 e. The van der Waals surface area contributed by atoms with Crippen molar-refractivity contribution < 1.29 is 17.9 Å². The smallest absolute Gasteiger partial charge is 0.426 e. The van der Waals surface area contributed by atoms with Gasteiger partial charge in [-0.3, -0.25) is 0 Å². The van der Waals surface area contributed by atoms with Crippen molar-refractivity contribution in [1.82, 2.24) is 0 Å². The summed E-state index contributed by atoms with van der Waals surface area (Å²) < 4.78 is 47.4. The fraction of sp³-hybridized carbons (Fsp3) is 0.480. The minimum atomic E-state index is -3.69. The molecular weight excluding hydrogens is 387 g/mol. The van der Waals surface area contributed by atoms with Gasteiger partial charge in [-0.1, -0.05) is 44.7 Å². The highest BCUT2D eigenvalue weighted by Crippen LogP contribution is 2.39. The number of halogens is 3. The normalized spacial score (nSPS) is 19.3. The summed E-state index contributed by atoms with van der Waals surface area (Å²) in [5, 5.41) is 8.73. The predicted molar refractivity (Wildman–Crippen MR) is 111 cm³/mol. The molecule has 1 aliphatic carbocycles. The van der Waals surface area contributed by atoms with E-state index in [0.717, 1.165) is 36.5 Å². The Morgan fingerprint density at radius 3 is 2.33 bits per heavy atom. The number of hydrogen-bond donors (Lipinski definition) is 0. The summed E-state index contributed by atoms with van der Waals surface area (Å²) >= 11 is 0. The van der Waals surface area contributed by atoms with E-state index in [1.165, 1.54) is 38.5 Å². The molecule has 5 heteroatoms. The van der Waals surface area contributed by atoms with Gasteiger partial charge in [0.25, 0.3) is 0 Å². The lowest BCUT2D eigenvalue weighted by atomic mass is 9.77. The summed E-state index contributed by atoms with van der Waals surface area (Å²) in [4.78, 5) is 0. The van der Waals surface area contributed by atoms with E-state index < -0.39 is 17.5 Å². The second kappa shape index (κ2) is 10.0. The van der Waals surface area contributed by atoms with Gasteiger partial charge in [-0.2, -0.15) is 14.0 Å². The zero-order chi connectivity index (χ0) is 21.6. The Bertz CT molecular complexity index is 865. The molecule has 30 heavy (non-hydrogen) atoms. The first-order valence-corrected chi connectivity index (χ1v) is 10.8. The average Bonchev–Trinajstić information content (AvgIpc) is 2.75. The van der Waals surface area contributed by atoms with E-state index >= 15 is 0 Å². The van der Waals surface area contributed by atoms with Crippen molar-refractivity contribution in [1.29, 1.82) is 5.26 Å². The maximum absolute atomic E-state index is 14.4. The maximum Gasteiger partial charge on any atom is 0.426 e. The van der Waals surface area contributed by atoms with Crippen molar-refractivity contribution in [2.75, 3.05) is 0 Å². The Morgan fingerprint density at radius 1 is 1.03 bits per heavy atom. The van der Waals surface area contributed by atoms with Gasteiger partial charge in [-0.05, 0) is 73.4 Å². The lowest BCUT2D eigenvalue weighted by Crippen LogP contribution is -2.22. The van der Waals surface area contributed by atoms with Crippen LogP contribution in [-0.2, 0) is 6.11 Å². The number of ether oxygens (including phenoxy) is 1. The van der Waals surface area contributed by atoms with Gasteiger partial charge in [0.05, 0.1) is 11.1 Å². The first-order valence-electron chi connectivity index (χ1n) is 10.8. The summed E-state index contributed by atoms with van der Waals surface area (Å²) in [6.45, 7) is 2.23. The molecule has 0 aliphatic heterocycles. The molecule has 0 saturated heterocycles. The van der Waals surface area contributed by atoms with Crippen LogP contribution in [0.15, 0.2) is 42.5 Å². The van der Waals surface area contributed by atoms with Gasteiger partial charge in [-0.25, -0.2) is 4.39 Å². The summed E-state index contributed by atoms with van der Waals surface area (Å²) in [6, 6.07) is 11.1. The molecule has 0 heterocycles. The molecule has 1 aliphatic rings. The van der Waals surface area contributed by atoms with Gasteiger partial charge < -0.3 is 4.74 Å². The van der Waals surface area contributed by atoms with Crippen LogP contribution in [0.25, 0.3) is 0 Å². The van der Waals surface area contributed by atoms with E-state index in [4.69, 9.17) is 10.00 Å². The third kappa shape index (κ3) is 5.56. The number of nitriles is 1. The summed E-state index contributed by atoms with van der Waals surface area (Å²) in [5.74, 6) is 0.331. The lowest BCUT2D eigenvalue weighted by Gasteiger charge is -2.29. The van der Waals surface area contributed by atoms with Gasteiger partial charge in [-0.15, -0.1) is 0 Å². The molecule has 1 saturated carbocycles. The molecule has 0 unspecified atom stereocenters. The third-order valence-corrected chi connectivity index (χ3v) is 6.09. The van der Waals surface area contributed by atoms with Crippen LogP contribution in [0.4, 0.5) is 13.2 Å². The van der Waals surface area contributed by atoms with Crippen LogP contribution in [0.1, 0.15) is 80.9 Å². The molecule has 0 bridgehead atoms. The highest BCUT2D eigenvalue weighted by Gasteiger charge is 2.35. The Balaban J connectivity index is 1.58. The summed E-state index contributed by atoms with van der Waals surface area (Å²) in [5.41, 5.74) is 0.255. The Hall–Kier alpha value is -2.48. The number of alkyl halides is 2. The van der Waals surface area contributed by atoms with Crippen molar-refractivity contribution in [3.8, 4) is 11.8 Å². The Kier molecular flexibility index (Phi) is 7.42. The molecule has 2 aromatic rings. The van der Waals surface area contributed by atoms with Crippen molar-refractivity contribution in [3.63, 3.8) is 0 Å². The van der Waals surface area contributed by atoms with E-state index in [1.54, 1.807) is 18.2 Å². The molecule has 2 aromatic carbocycles. The Labute approximate surface area is 176 Å². The quantitative estimate of drug-likeness (QED) is 0.414. The number of unbranched alkanes of at least 4 members (excludes halogenated alkanes) is 2. The van der Waals surface area contributed by atoms with Crippen molar-refractivity contribution >= 4 is 0 Å². The van der Waals surface area contributed by atoms with Crippen molar-refractivity contribution in [2.24, 2.45) is 5.92 Å². The topological polar surface area (TPSA) is 33.0 Å². The van der Waals surface area contributed by atoms with E-state index in [2.05, 4.69) is 6.92 Å². The predicted octanol–water partition coefficient (Wildman–Crippen LogP) is 7.68. The molecule has 2 nitrogen and oxygen atoms in total. The zero-order valence-corrected chi connectivity index (χ0v) is 17.3. The first kappa shape index (κ1) is 22.2. The second-order valence-electron chi connectivity index (χ2n) is 8.21. The van der Waals surface area contributed by atoms with Crippen LogP contribution in [-0.4, -0.2) is 0 Å². The highest BCUT2D eigenvalue weighted by atomic mass is 19.3. The van der Waals surface area contributed by atoms with Crippen LogP contribution >= 0.6 is 0 Å². The van der Waals surface area contributed by atoms with Gasteiger partial charge in [0.2, 0.25) is 0 Å². The Morgan fingerprint density at radius 2 is 1.73 bits per heavy atom. The molecule has 0 amide bonds. The van der Waals surface area contributed by atoms with E-state index in [0.29, 0.717) is 12.0 Å². The van der Waals surface area contributed by atoms with Crippen molar-refractivity contribution in [2.45, 2.75) is 70.3 Å². The van der Waals surface area contributed by atoms with E-state index in [9.17, 15) is 13.2 Å². The molecule has 1 fully saturated rings. The molecular formula is C25H28F3NO. The van der Waals surface area contributed by atoms with Crippen molar-refractivity contribution in [3.05, 3.63) is 65.0 Å². The van der Waals surface area contributed by atoms with Gasteiger partial charge in [0, 0.05) is 0 Å². The third-order valence-electron chi connectivity index (χ3n) is 6.09. The monoisotopic (exact) mass is 415 g/mol. The molecule has 0 N–H and O–H groups in total. The maximum atomic E-state index is 14.4. The average molecular weight is 415 g/mol. The van der Waals surface area contributed by atoms with E-state index in [-0.39, 0.29) is 11.3 Å². The molecule has 0 atom stereocenters. The number of nitrogens with zero attached hydrogens (tertiary/aromatic N) is 1. The lowest BCUT2D eigenvalue weighted by molar-refractivity contribution is -0.185. The summed E-state index contributed by atoms with van der Waals surface area (Å²) in [7, 11) is 0. The van der Waals surface area contributed by atoms with Gasteiger partial charge in [0.1, 0.15) is 17.6 Å². The fourth-order valence-electron chi connectivity index (χ4n) is 4.27. The van der Waals surface area contributed by atoms with Crippen LogP contribution in [0.3, 0.4) is 0 Å². The van der Waals surface area contributed by atoms with Gasteiger partial charge >= 0.3 is 6.11 Å². The summed E-state index contributed by atoms with van der Waals surface area (Å²) in [6.07, 6.45) is 6.24. The molecule has 160 valence electrons. The van der Waals surface area contributed by atoms with Gasteiger partial charge in [0.15, 0.2) is 0 Å². The number of hydrogen-bond acceptors (Lipinski definition) is 2. The van der Waals surface area contributed by atoms with Crippen LogP contribution in [0.2, 0.25) is 0 Å². The van der Waals surface area contributed by atoms with E-state index in [1.807, 2.05) is 12.1 Å². The first-order chi connectivity index (χ1) is 14.4. The molecule has 0 spiro atoms. The molecule has 0 radical (unpaired) electrons. The SMILES string of the molecule is CCCCCC1CCC(c2ccc(OC(F)(F)c3ccc(C#N)c(F)c3)cc2)CC1. The highest BCUT2D eigenvalue weighted by molar-refractivity contribution is 5.35. The number of benzene rings is 2. The zero-order valence-electron chi connectivity index (χ0n) is 17.3. The fourth-order valence-corrected chi connectivity index (χ4v) is 4.27. The van der Waals surface area contributed by atoms with Crippen LogP contribution in [0.5, 0.6) is 5.75 Å². The van der Waals surface area contributed by atoms with Crippen LogP contribution < -0.4 is 4.74 Å². The molecule has 0 aromatic heterocycles.